The minimum atomic E-state index is -0.829. The molecule has 0 aliphatic heterocycles. The summed E-state index contributed by atoms with van der Waals surface area (Å²) in [4.78, 5) is 23.3. The number of azide groups is 1. The van der Waals surface area contributed by atoms with E-state index in [1.165, 1.54) is 12.1 Å². The van der Waals surface area contributed by atoms with Crippen molar-refractivity contribution in [1.82, 2.24) is 0 Å². The summed E-state index contributed by atoms with van der Waals surface area (Å²) >= 11 is 0. The van der Waals surface area contributed by atoms with Crippen LogP contribution >= 0.6 is 0 Å². The van der Waals surface area contributed by atoms with E-state index >= 15 is 0 Å². The van der Waals surface area contributed by atoms with Gasteiger partial charge in [0, 0.05) is 22.6 Å². The highest BCUT2D eigenvalue weighted by molar-refractivity contribution is 5.95. The summed E-state index contributed by atoms with van der Waals surface area (Å²) in [5.74, 6) is -0.829. The second-order valence-corrected chi connectivity index (χ2v) is 2.81. The molecule has 0 fully saturated rings. The van der Waals surface area contributed by atoms with Gasteiger partial charge < -0.3 is 0 Å². The van der Waals surface area contributed by atoms with E-state index in [1.54, 1.807) is 6.92 Å². The molecule has 0 radical (unpaired) electrons. The van der Waals surface area contributed by atoms with Gasteiger partial charge in [0.05, 0.1) is 4.92 Å². The van der Waals surface area contributed by atoms with Crippen molar-refractivity contribution in [3.8, 4) is 0 Å². The Hall–Kier alpha value is -2.40. The molecule has 7 heteroatoms. The van der Waals surface area contributed by atoms with E-state index < -0.39 is 10.8 Å². The normalized spacial score (nSPS) is 9.13. The van der Waals surface area contributed by atoms with Crippen molar-refractivity contribution in [1.29, 1.82) is 0 Å². The highest BCUT2D eigenvalue weighted by atomic mass is 16.6. The van der Waals surface area contributed by atoms with Crippen LogP contribution in [0.2, 0.25) is 0 Å². The van der Waals surface area contributed by atoms with Gasteiger partial charge in [-0.2, -0.15) is 0 Å². The van der Waals surface area contributed by atoms with Crippen molar-refractivity contribution in [3.63, 3.8) is 0 Å². The van der Waals surface area contributed by atoms with Gasteiger partial charge in [0.15, 0.2) is 0 Å². The number of carbonyl (C=O) groups excluding carboxylic acids is 1. The lowest BCUT2D eigenvalue weighted by atomic mass is 10.1. The van der Waals surface area contributed by atoms with Crippen LogP contribution in [-0.4, -0.2) is 10.8 Å². The first-order valence-corrected chi connectivity index (χ1v) is 3.90. The van der Waals surface area contributed by atoms with Crippen molar-refractivity contribution in [2.75, 3.05) is 0 Å². The SMILES string of the molecule is Cc1cc(C(=O)N=[N+]=[N-])cc([N+](=O)[O-])c1. The Balaban J connectivity index is 3.25. The van der Waals surface area contributed by atoms with E-state index in [0.29, 0.717) is 5.56 Å². The maximum atomic E-state index is 11.1. The number of nitrogens with zero attached hydrogens (tertiary/aromatic N) is 4. The summed E-state index contributed by atoms with van der Waals surface area (Å²) in [6, 6.07) is 3.82. The number of nitro groups is 1. The van der Waals surface area contributed by atoms with Crippen molar-refractivity contribution < 1.29 is 9.72 Å². The lowest BCUT2D eigenvalue weighted by molar-refractivity contribution is -0.384. The fourth-order valence-electron chi connectivity index (χ4n) is 1.09. The summed E-state index contributed by atoms with van der Waals surface area (Å²) in [7, 11) is 0. The average Bonchev–Trinajstić information content (AvgIpc) is 2.17. The van der Waals surface area contributed by atoms with Gasteiger partial charge in [-0.3, -0.25) is 14.9 Å². The quantitative estimate of drug-likeness (QED) is 0.243. The molecule has 0 aliphatic carbocycles. The number of nitro benzene ring substituents is 1. The fraction of sp³-hybridized carbons (Fsp3) is 0.125. The van der Waals surface area contributed by atoms with Crippen molar-refractivity contribution in [3.05, 3.63) is 49.9 Å². The van der Waals surface area contributed by atoms with Gasteiger partial charge in [-0.25, -0.2) is 0 Å². The first-order valence-electron chi connectivity index (χ1n) is 3.90. The van der Waals surface area contributed by atoms with Crippen molar-refractivity contribution in [2.24, 2.45) is 5.11 Å². The third-order valence-corrected chi connectivity index (χ3v) is 1.66. The van der Waals surface area contributed by atoms with Crippen LogP contribution in [0.15, 0.2) is 23.3 Å². The fourth-order valence-corrected chi connectivity index (χ4v) is 1.09. The molecule has 0 saturated heterocycles. The Bertz CT molecular complexity index is 477. The molecular weight excluding hydrogens is 200 g/mol. The van der Waals surface area contributed by atoms with Crippen LogP contribution < -0.4 is 0 Å². The monoisotopic (exact) mass is 206 g/mol. The van der Waals surface area contributed by atoms with E-state index in [4.69, 9.17) is 5.53 Å². The maximum Gasteiger partial charge on any atom is 0.270 e. The molecule has 1 rings (SSSR count). The number of rotatable bonds is 2. The molecule has 7 nitrogen and oxygen atoms in total. The Morgan fingerprint density at radius 1 is 1.53 bits per heavy atom. The molecule has 0 saturated carbocycles. The van der Waals surface area contributed by atoms with E-state index in [0.717, 1.165) is 6.07 Å². The summed E-state index contributed by atoms with van der Waals surface area (Å²) in [6.45, 7) is 1.61. The first kappa shape index (κ1) is 10.7. The van der Waals surface area contributed by atoms with E-state index in [-0.39, 0.29) is 11.3 Å². The lowest BCUT2D eigenvalue weighted by Gasteiger charge is -1.98. The third kappa shape index (κ3) is 2.52. The molecule has 0 unspecified atom stereocenters. The summed E-state index contributed by atoms with van der Waals surface area (Å²) in [5, 5.41) is 13.3. The van der Waals surface area contributed by atoms with E-state index in [9.17, 15) is 14.9 Å². The number of carbonyl (C=O) groups is 1. The average molecular weight is 206 g/mol. The van der Waals surface area contributed by atoms with Crippen LogP contribution in [0.3, 0.4) is 0 Å². The highest BCUT2D eigenvalue weighted by Gasteiger charge is 2.11. The molecule has 1 aromatic carbocycles. The Kier molecular flexibility index (Phi) is 3.00. The Morgan fingerprint density at radius 2 is 2.20 bits per heavy atom. The van der Waals surface area contributed by atoms with Gasteiger partial charge in [-0.1, -0.05) is 0 Å². The number of non-ortho nitro benzene ring substituents is 1. The molecule has 76 valence electrons. The minimum absolute atomic E-state index is 0.0134. The molecule has 1 amide bonds. The number of amides is 1. The molecule has 1 aromatic rings. The predicted molar refractivity (Wildman–Crippen MR) is 51.3 cm³/mol. The number of hydrogen-bond donors (Lipinski definition) is 0. The lowest BCUT2D eigenvalue weighted by Crippen LogP contribution is -1.97. The topological polar surface area (TPSA) is 109 Å². The molecule has 0 atom stereocenters. The van der Waals surface area contributed by atoms with Crippen LogP contribution in [0.25, 0.3) is 10.4 Å². The zero-order valence-corrected chi connectivity index (χ0v) is 7.75. The predicted octanol–water partition coefficient (Wildman–Crippen LogP) is 2.35. The number of benzene rings is 1. The second kappa shape index (κ2) is 4.21. The minimum Gasteiger partial charge on any atom is -0.287 e. The summed E-state index contributed by atoms with van der Waals surface area (Å²) < 4.78 is 0. The summed E-state index contributed by atoms with van der Waals surface area (Å²) in [5.41, 5.74) is 8.42. The van der Waals surface area contributed by atoms with E-state index in [2.05, 4.69) is 10.0 Å². The van der Waals surface area contributed by atoms with Gasteiger partial charge in [0.25, 0.3) is 5.69 Å². The van der Waals surface area contributed by atoms with Crippen LogP contribution in [0, 0.1) is 17.0 Å². The zero-order chi connectivity index (χ0) is 11.4. The molecule has 0 aromatic heterocycles. The molecule has 0 N–H and O–H groups in total. The van der Waals surface area contributed by atoms with Crippen LogP contribution in [0.4, 0.5) is 5.69 Å². The van der Waals surface area contributed by atoms with Gasteiger partial charge in [-0.15, -0.1) is 0 Å². The third-order valence-electron chi connectivity index (χ3n) is 1.66. The molecule has 15 heavy (non-hydrogen) atoms. The van der Waals surface area contributed by atoms with Crippen LogP contribution in [0.5, 0.6) is 0 Å². The standard InChI is InChI=1S/C8H6N4O3/c1-5-2-6(8(13)10-11-9)4-7(3-5)12(14)15/h2-4H,1H3. The molecule has 0 heterocycles. The highest BCUT2D eigenvalue weighted by Crippen LogP contribution is 2.17. The largest absolute Gasteiger partial charge is 0.287 e. The van der Waals surface area contributed by atoms with E-state index in [1.807, 2.05) is 0 Å². The van der Waals surface area contributed by atoms with Gasteiger partial charge in [-0.05, 0) is 29.2 Å². The smallest absolute Gasteiger partial charge is 0.270 e. The Morgan fingerprint density at radius 3 is 2.73 bits per heavy atom. The van der Waals surface area contributed by atoms with Gasteiger partial charge in [0.2, 0.25) is 5.91 Å². The second-order valence-electron chi connectivity index (χ2n) is 2.81. The zero-order valence-electron chi connectivity index (χ0n) is 7.75. The number of aryl methyl sites for hydroxylation is 1. The Labute approximate surface area is 84.1 Å². The summed E-state index contributed by atoms with van der Waals surface area (Å²) in [6.07, 6.45) is 0. The van der Waals surface area contributed by atoms with Crippen LogP contribution in [0.1, 0.15) is 15.9 Å². The van der Waals surface area contributed by atoms with Crippen molar-refractivity contribution in [2.45, 2.75) is 6.92 Å². The van der Waals surface area contributed by atoms with Gasteiger partial charge in [0.1, 0.15) is 0 Å². The molecule has 0 bridgehead atoms. The molecule has 0 aliphatic rings. The van der Waals surface area contributed by atoms with Crippen LogP contribution in [-0.2, 0) is 0 Å². The molecular formula is C8H6N4O3. The maximum absolute atomic E-state index is 11.1. The number of hydrogen-bond acceptors (Lipinski definition) is 3. The van der Waals surface area contributed by atoms with Gasteiger partial charge >= 0.3 is 0 Å². The first-order chi connectivity index (χ1) is 7.04. The molecule has 0 spiro atoms. The van der Waals surface area contributed by atoms with Crippen molar-refractivity contribution >= 4 is 11.6 Å².